The molecule has 0 saturated carbocycles. The third kappa shape index (κ3) is 3.33. The number of aromatic nitrogens is 2. The van der Waals surface area contributed by atoms with Gasteiger partial charge < -0.3 is 15.1 Å². The highest BCUT2D eigenvalue weighted by atomic mass is 16.2. The number of benzene rings is 1. The van der Waals surface area contributed by atoms with Gasteiger partial charge in [0.2, 0.25) is 0 Å². The van der Waals surface area contributed by atoms with Gasteiger partial charge in [0.25, 0.3) is 0 Å². The zero-order valence-electron chi connectivity index (χ0n) is 12.6. The van der Waals surface area contributed by atoms with Crippen molar-refractivity contribution in [2.45, 2.75) is 6.92 Å². The first-order chi connectivity index (χ1) is 10.7. The van der Waals surface area contributed by atoms with Crippen LogP contribution in [0, 0.1) is 6.92 Å². The van der Waals surface area contributed by atoms with Gasteiger partial charge in [0, 0.05) is 31.9 Å². The van der Waals surface area contributed by atoms with Crippen LogP contribution in [-0.4, -0.2) is 47.3 Å². The smallest absolute Gasteiger partial charge is 0.321 e. The lowest BCUT2D eigenvalue weighted by atomic mass is 10.3. The van der Waals surface area contributed by atoms with Gasteiger partial charge >= 0.3 is 6.03 Å². The van der Waals surface area contributed by atoms with E-state index in [1.807, 2.05) is 54.3 Å². The van der Waals surface area contributed by atoms with Crippen molar-refractivity contribution in [1.82, 2.24) is 15.1 Å². The van der Waals surface area contributed by atoms with Crippen molar-refractivity contribution in [2.24, 2.45) is 0 Å². The Kier molecular flexibility index (Phi) is 4.18. The fourth-order valence-corrected chi connectivity index (χ4v) is 2.42. The van der Waals surface area contributed by atoms with E-state index in [0.29, 0.717) is 13.1 Å². The number of nitrogens with zero attached hydrogens (tertiary/aromatic N) is 4. The van der Waals surface area contributed by atoms with E-state index in [9.17, 15) is 4.79 Å². The summed E-state index contributed by atoms with van der Waals surface area (Å²) in [7, 11) is 0. The maximum Gasteiger partial charge on any atom is 0.321 e. The molecule has 2 amide bonds. The highest BCUT2D eigenvalue weighted by Gasteiger charge is 2.22. The molecule has 0 radical (unpaired) electrons. The highest BCUT2D eigenvalue weighted by molar-refractivity contribution is 5.89. The third-order valence-corrected chi connectivity index (χ3v) is 3.70. The minimum Gasteiger partial charge on any atom is -0.352 e. The van der Waals surface area contributed by atoms with Gasteiger partial charge in [-0.25, -0.2) is 4.79 Å². The maximum atomic E-state index is 12.2. The summed E-state index contributed by atoms with van der Waals surface area (Å²) < 4.78 is 0. The van der Waals surface area contributed by atoms with E-state index in [1.165, 1.54) is 0 Å². The highest BCUT2D eigenvalue weighted by Crippen LogP contribution is 2.14. The molecule has 114 valence electrons. The number of para-hydroxylation sites is 1. The lowest BCUT2D eigenvalue weighted by Crippen LogP contribution is -2.50. The van der Waals surface area contributed by atoms with Crippen LogP contribution in [0.5, 0.6) is 0 Å². The van der Waals surface area contributed by atoms with E-state index >= 15 is 0 Å². The summed E-state index contributed by atoms with van der Waals surface area (Å²) in [6.45, 7) is 4.80. The predicted octanol–water partition coefficient (Wildman–Crippen LogP) is 2.14. The van der Waals surface area contributed by atoms with E-state index in [0.717, 1.165) is 30.3 Å². The molecule has 0 bridgehead atoms. The van der Waals surface area contributed by atoms with Crippen molar-refractivity contribution in [1.29, 1.82) is 0 Å². The lowest BCUT2D eigenvalue weighted by molar-refractivity contribution is 0.208. The summed E-state index contributed by atoms with van der Waals surface area (Å²) in [5.41, 5.74) is 1.73. The number of nitrogens with one attached hydrogen (secondary N) is 1. The van der Waals surface area contributed by atoms with Gasteiger partial charge in [-0.2, -0.15) is 5.10 Å². The number of anilines is 2. The van der Waals surface area contributed by atoms with Crippen molar-refractivity contribution in [3.63, 3.8) is 0 Å². The summed E-state index contributed by atoms with van der Waals surface area (Å²) >= 11 is 0. The summed E-state index contributed by atoms with van der Waals surface area (Å²) in [5, 5.41) is 11.2. The number of aryl methyl sites for hydroxylation is 1. The summed E-state index contributed by atoms with van der Waals surface area (Å²) in [4.78, 5) is 16.2. The molecular weight excluding hydrogens is 278 g/mol. The molecule has 0 aliphatic carbocycles. The van der Waals surface area contributed by atoms with Crippen molar-refractivity contribution in [2.75, 3.05) is 36.4 Å². The molecule has 1 saturated heterocycles. The van der Waals surface area contributed by atoms with Crippen LogP contribution in [0.25, 0.3) is 0 Å². The molecule has 6 nitrogen and oxygen atoms in total. The standard InChI is InChI=1S/C16H19N5O/c1-13-7-8-15(19-18-13)20-9-11-21(12-10-20)16(22)17-14-5-3-2-4-6-14/h2-8H,9-12H2,1H3,(H,17,22). The van der Waals surface area contributed by atoms with Crippen LogP contribution in [0.4, 0.5) is 16.3 Å². The maximum absolute atomic E-state index is 12.2. The first kappa shape index (κ1) is 14.3. The van der Waals surface area contributed by atoms with Gasteiger partial charge in [-0.3, -0.25) is 0 Å². The largest absolute Gasteiger partial charge is 0.352 e. The molecule has 0 atom stereocenters. The third-order valence-electron chi connectivity index (χ3n) is 3.70. The number of rotatable bonds is 2. The van der Waals surface area contributed by atoms with E-state index < -0.39 is 0 Å². The van der Waals surface area contributed by atoms with Crippen LogP contribution >= 0.6 is 0 Å². The first-order valence-corrected chi connectivity index (χ1v) is 7.38. The fourth-order valence-electron chi connectivity index (χ4n) is 2.42. The SMILES string of the molecule is Cc1ccc(N2CCN(C(=O)Nc3ccccc3)CC2)nn1. The van der Waals surface area contributed by atoms with E-state index in [4.69, 9.17) is 0 Å². The summed E-state index contributed by atoms with van der Waals surface area (Å²) in [6, 6.07) is 13.4. The molecule has 0 unspecified atom stereocenters. The van der Waals surface area contributed by atoms with Crippen molar-refractivity contribution >= 4 is 17.5 Å². The molecule has 3 rings (SSSR count). The molecule has 1 aromatic heterocycles. The predicted molar refractivity (Wildman–Crippen MR) is 86.0 cm³/mol. The monoisotopic (exact) mass is 297 g/mol. The van der Waals surface area contributed by atoms with E-state index in [-0.39, 0.29) is 6.03 Å². The minimum absolute atomic E-state index is 0.0548. The Morgan fingerprint density at radius 1 is 1.00 bits per heavy atom. The van der Waals surface area contributed by atoms with E-state index in [1.54, 1.807) is 0 Å². The Bertz CT molecular complexity index is 621. The van der Waals surface area contributed by atoms with Gasteiger partial charge in [-0.15, -0.1) is 5.10 Å². The van der Waals surface area contributed by atoms with Gasteiger partial charge in [-0.1, -0.05) is 18.2 Å². The van der Waals surface area contributed by atoms with Crippen LogP contribution in [0.15, 0.2) is 42.5 Å². The number of carbonyl (C=O) groups is 1. The Morgan fingerprint density at radius 2 is 1.73 bits per heavy atom. The molecule has 1 aliphatic rings. The van der Waals surface area contributed by atoms with Crippen molar-refractivity contribution in [3.8, 4) is 0 Å². The number of amides is 2. The molecule has 1 aliphatic heterocycles. The van der Waals surface area contributed by atoms with Gasteiger partial charge in [0.05, 0.1) is 5.69 Å². The van der Waals surface area contributed by atoms with Crippen LogP contribution in [-0.2, 0) is 0 Å². The Balaban J connectivity index is 1.55. The molecule has 6 heteroatoms. The average Bonchev–Trinajstić information content (AvgIpc) is 2.57. The van der Waals surface area contributed by atoms with Crippen molar-refractivity contribution in [3.05, 3.63) is 48.2 Å². The molecule has 1 N–H and O–H groups in total. The zero-order valence-corrected chi connectivity index (χ0v) is 12.6. The van der Waals surface area contributed by atoms with Crippen LogP contribution < -0.4 is 10.2 Å². The van der Waals surface area contributed by atoms with Crippen LogP contribution in [0.3, 0.4) is 0 Å². The van der Waals surface area contributed by atoms with Gasteiger partial charge in [0.15, 0.2) is 5.82 Å². The molecule has 2 heterocycles. The van der Waals surface area contributed by atoms with Crippen LogP contribution in [0.2, 0.25) is 0 Å². The number of carbonyl (C=O) groups excluding carboxylic acids is 1. The Hall–Kier alpha value is -2.63. The molecule has 0 spiro atoms. The van der Waals surface area contributed by atoms with E-state index in [2.05, 4.69) is 20.4 Å². The normalized spacial score (nSPS) is 14.8. The van der Waals surface area contributed by atoms with Crippen molar-refractivity contribution < 1.29 is 4.79 Å². The quantitative estimate of drug-likeness (QED) is 0.922. The average molecular weight is 297 g/mol. The molecule has 2 aromatic rings. The second-order valence-electron chi connectivity index (χ2n) is 5.30. The number of urea groups is 1. The second kappa shape index (κ2) is 6.43. The zero-order chi connectivity index (χ0) is 15.4. The minimum atomic E-state index is -0.0548. The fraction of sp³-hybridized carbons (Fsp3) is 0.312. The van der Waals surface area contributed by atoms with Gasteiger partial charge in [0.1, 0.15) is 0 Å². The molecule has 1 fully saturated rings. The van der Waals surface area contributed by atoms with Crippen LogP contribution in [0.1, 0.15) is 5.69 Å². The number of hydrogen-bond donors (Lipinski definition) is 1. The first-order valence-electron chi connectivity index (χ1n) is 7.38. The number of piperazine rings is 1. The Morgan fingerprint density at radius 3 is 2.36 bits per heavy atom. The molecule has 1 aromatic carbocycles. The number of hydrogen-bond acceptors (Lipinski definition) is 4. The molecule has 22 heavy (non-hydrogen) atoms. The lowest BCUT2D eigenvalue weighted by Gasteiger charge is -2.35. The van der Waals surface area contributed by atoms with Gasteiger partial charge in [-0.05, 0) is 31.2 Å². The molecular formula is C16H19N5O. The second-order valence-corrected chi connectivity index (χ2v) is 5.30. The Labute approximate surface area is 129 Å². The summed E-state index contributed by atoms with van der Waals surface area (Å²) in [6.07, 6.45) is 0. The summed E-state index contributed by atoms with van der Waals surface area (Å²) in [5.74, 6) is 0.869. The topological polar surface area (TPSA) is 61.4 Å².